The van der Waals surface area contributed by atoms with Crippen LogP contribution in [0.1, 0.15) is 56.2 Å². The molecular weight excluding hydrogens is 266 g/mol. The van der Waals surface area contributed by atoms with E-state index in [-0.39, 0.29) is 12.0 Å². The number of hydrogen-bond donors (Lipinski definition) is 0. The van der Waals surface area contributed by atoms with Gasteiger partial charge < -0.3 is 4.74 Å². The van der Waals surface area contributed by atoms with Crippen LogP contribution < -0.4 is 0 Å². The third-order valence-electron chi connectivity index (χ3n) is 3.48. The molecule has 0 saturated heterocycles. The summed E-state index contributed by atoms with van der Waals surface area (Å²) in [5.74, 6) is -0.203. The molecule has 0 bridgehead atoms. The summed E-state index contributed by atoms with van der Waals surface area (Å²) in [6, 6.07) is 7.84. The Morgan fingerprint density at radius 2 is 2.05 bits per heavy atom. The van der Waals surface area contributed by atoms with Crippen molar-refractivity contribution >= 4 is 5.97 Å². The Labute approximate surface area is 125 Å². The minimum absolute atomic E-state index is 0.101. The Balaban J connectivity index is 2.64. The zero-order valence-electron chi connectivity index (χ0n) is 12.8. The van der Waals surface area contributed by atoms with Crippen molar-refractivity contribution in [2.75, 3.05) is 7.11 Å². The van der Waals surface area contributed by atoms with Crippen molar-refractivity contribution in [3.63, 3.8) is 0 Å². The Morgan fingerprint density at radius 3 is 2.62 bits per heavy atom. The molecule has 0 aliphatic rings. The molecule has 0 saturated carbocycles. The van der Waals surface area contributed by atoms with Gasteiger partial charge in [-0.3, -0.25) is 4.79 Å². The summed E-state index contributed by atoms with van der Waals surface area (Å²) in [6.07, 6.45) is 5.27. The molecule has 0 aromatic heterocycles. The minimum Gasteiger partial charge on any atom is -0.469 e. The van der Waals surface area contributed by atoms with Crippen molar-refractivity contribution in [3.05, 3.63) is 45.8 Å². The number of nitrogens with zero attached hydrogens (tertiary/aromatic N) is 3. The second-order valence-electron chi connectivity index (χ2n) is 5.03. The van der Waals surface area contributed by atoms with Gasteiger partial charge >= 0.3 is 5.97 Å². The second-order valence-corrected chi connectivity index (χ2v) is 5.03. The topological polar surface area (TPSA) is 75.1 Å². The highest BCUT2D eigenvalue weighted by Gasteiger charge is 2.09. The molecule has 1 unspecified atom stereocenters. The van der Waals surface area contributed by atoms with Crippen LogP contribution in [0.25, 0.3) is 10.4 Å². The summed E-state index contributed by atoms with van der Waals surface area (Å²) in [5.41, 5.74) is 10.8. The highest BCUT2D eigenvalue weighted by molar-refractivity contribution is 5.69. The summed E-state index contributed by atoms with van der Waals surface area (Å²) in [5, 5.41) is 3.89. The standard InChI is InChI=1S/C16H23N3O2/c1-3-4-5-6-15(18-19-17)14-10-7-13(8-11-14)9-12-16(20)21-2/h7-8,10-11,15H,3-6,9,12H2,1-2H3. The van der Waals surface area contributed by atoms with Crippen molar-refractivity contribution < 1.29 is 9.53 Å². The Bertz CT molecular complexity index is 479. The zero-order chi connectivity index (χ0) is 15.5. The highest BCUT2D eigenvalue weighted by atomic mass is 16.5. The number of rotatable bonds is 9. The normalized spacial score (nSPS) is 11.5. The Kier molecular flexibility index (Phi) is 7.99. The molecule has 5 nitrogen and oxygen atoms in total. The van der Waals surface area contributed by atoms with Gasteiger partial charge in [0.1, 0.15) is 0 Å². The summed E-state index contributed by atoms with van der Waals surface area (Å²) in [6.45, 7) is 2.15. The van der Waals surface area contributed by atoms with E-state index in [2.05, 4.69) is 21.7 Å². The molecule has 5 heteroatoms. The third kappa shape index (κ3) is 6.32. The van der Waals surface area contributed by atoms with Crippen LogP contribution in [-0.2, 0) is 16.0 Å². The maximum Gasteiger partial charge on any atom is 0.305 e. The van der Waals surface area contributed by atoms with Gasteiger partial charge in [-0.1, -0.05) is 55.6 Å². The van der Waals surface area contributed by atoms with E-state index < -0.39 is 0 Å². The van der Waals surface area contributed by atoms with Crippen LogP contribution in [-0.4, -0.2) is 13.1 Å². The van der Waals surface area contributed by atoms with Gasteiger partial charge in [0.2, 0.25) is 0 Å². The predicted octanol–water partition coefficient (Wildman–Crippen LogP) is 4.72. The summed E-state index contributed by atoms with van der Waals surface area (Å²) >= 11 is 0. The lowest BCUT2D eigenvalue weighted by Crippen LogP contribution is -2.02. The molecule has 0 amide bonds. The Morgan fingerprint density at radius 1 is 1.33 bits per heavy atom. The number of benzene rings is 1. The average Bonchev–Trinajstić information content (AvgIpc) is 2.52. The van der Waals surface area contributed by atoms with E-state index >= 15 is 0 Å². The molecule has 0 radical (unpaired) electrons. The molecule has 0 spiro atoms. The van der Waals surface area contributed by atoms with E-state index in [1.54, 1.807) is 0 Å². The Hall–Kier alpha value is -2.00. The average molecular weight is 289 g/mol. The van der Waals surface area contributed by atoms with Crippen molar-refractivity contribution in [3.8, 4) is 0 Å². The molecule has 1 atom stereocenters. The number of carbonyl (C=O) groups excluding carboxylic acids is 1. The minimum atomic E-state index is -0.203. The molecule has 1 aromatic carbocycles. The van der Waals surface area contributed by atoms with Crippen LogP contribution >= 0.6 is 0 Å². The number of hydrogen-bond acceptors (Lipinski definition) is 3. The lowest BCUT2D eigenvalue weighted by Gasteiger charge is -2.12. The van der Waals surface area contributed by atoms with E-state index in [0.717, 1.165) is 36.8 Å². The number of azide groups is 1. The monoisotopic (exact) mass is 289 g/mol. The molecule has 114 valence electrons. The largest absolute Gasteiger partial charge is 0.469 e. The molecule has 0 aliphatic carbocycles. The van der Waals surface area contributed by atoms with E-state index in [1.165, 1.54) is 7.11 Å². The van der Waals surface area contributed by atoms with Gasteiger partial charge in [0.25, 0.3) is 0 Å². The number of unbranched alkanes of at least 4 members (excludes halogenated alkanes) is 2. The van der Waals surface area contributed by atoms with Gasteiger partial charge in [-0.15, -0.1) is 0 Å². The number of aryl methyl sites for hydroxylation is 1. The molecule has 0 N–H and O–H groups in total. The van der Waals surface area contributed by atoms with E-state index in [1.807, 2.05) is 24.3 Å². The van der Waals surface area contributed by atoms with Crippen LogP contribution in [0.5, 0.6) is 0 Å². The maximum absolute atomic E-state index is 11.1. The molecule has 1 rings (SSSR count). The van der Waals surface area contributed by atoms with Crippen LogP contribution in [0.2, 0.25) is 0 Å². The van der Waals surface area contributed by atoms with Gasteiger partial charge in [-0.25, -0.2) is 0 Å². The van der Waals surface area contributed by atoms with Gasteiger partial charge in [0.15, 0.2) is 0 Å². The lowest BCUT2D eigenvalue weighted by molar-refractivity contribution is -0.140. The lowest BCUT2D eigenvalue weighted by atomic mass is 9.99. The third-order valence-corrected chi connectivity index (χ3v) is 3.48. The zero-order valence-corrected chi connectivity index (χ0v) is 12.8. The number of methoxy groups -OCH3 is 1. The smallest absolute Gasteiger partial charge is 0.305 e. The fraction of sp³-hybridized carbons (Fsp3) is 0.562. The van der Waals surface area contributed by atoms with Crippen LogP contribution in [0.15, 0.2) is 29.4 Å². The fourth-order valence-corrected chi connectivity index (χ4v) is 2.20. The SMILES string of the molecule is CCCCCC(N=[N+]=[N-])c1ccc(CCC(=O)OC)cc1. The number of ether oxygens (including phenoxy) is 1. The number of carbonyl (C=O) groups is 1. The van der Waals surface area contributed by atoms with Gasteiger partial charge in [-0.2, -0.15) is 0 Å². The maximum atomic E-state index is 11.1. The first-order chi connectivity index (χ1) is 10.2. The van der Waals surface area contributed by atoms with E-state index in [9.17, 15) is 4.79 Å². The van der Waals surface area contributed by atoms with Crippen LogP contribution in [0.4, 0.5) is 0 Å². The molecule has 0 fully saturated rings. The van der Waals surface area contributed by atoms with Gasteiger partial charge in [0.05, 0.1) is 13.2 Å². The summed E-state index contributed by atoms with van der Waals surface area (Å²) in [7, 11) is 1.40. The van der Waals surface area contributed by atoms with Crippen molar-refractivity contribution in [2.24, 2.45) is 5.11 Å². The molecule has 0 heterocycles. The first-order valence-electron chi connectivity index (χ1n) is 7.41. The first kappa shape index (κ1) is 17.1. The molecule has 21 heavy (non-hydrogen) atoms. The van der Waals surface area contributed by atoms with Crippen molar-refractivity contribution in [1.29, 1.82) is 0 Å². The highest BCUT2D eigenvalue weighted by Crippen LogP contribution is 2.24. The van der Waals surface area contributed by atoms with Crippen molar-refractivity contribution in [1.82, 2.24) is 0 Å². The molecule has 1 aromatic rings. The van der Waals surface area contributed by atoms with E-state index in [0.29, 0.717) is 12.8 Å². The summed E-state index contributed by atoms with van der Waals surface area (Å²) in [4.78, 5) is 14.1. The fourth-order valence-electron chi connectivity index (χ4n) is 2.20. The quantitative estimate of drug-likeness (QED) is 0.217. The summed E-state index contributed by atoms with van der Waals surface area (Å²) < 4.78 is 4.63. The molecular formula is C16H23N3O2. The van der Waals surface area contributed by atoms with Crippen LogP contribution in [0, 0.1) is 0 Å². The van der Waals surface area contributed by atoms with E-state index in [4.69, 9.17) is 5.53 Å². The predicted molar refractivity (Wildman–Crippen MR) is 82.8 cm³/mol. The van der Waals surface area contributed by atoms with Crippen molar-refractivity contribution in [2.45, 2.75) is 51.5 Å². The second kappa shape index (κ2) is 9.83. The first-order valence-corrected chi connectivity index (χ1v) is 7.41. The van der Waals surface area contributed by atoms with Gasteiger partial charge in [-0.05, 0) is 29.5 Å². The van der Waals surface area contributed by atoms with Gasteiger partial charge in [0, 0.05) is 11.3 Å². The molecule has 0 aliphatic heterocycles. The number of esters is 1. The van der Waals surface area contributed by atoms with Crippen LogP contribution in [0.3, 0.4) is 0 Å².